The lowest BCUT2D eigenvalue weighted by Gasteiger charge is -2.14. The molecule has 2 N–H and O–H groups in total. The number of halogens is 1. The smallest absolute Gasteiger partial charge is 0.185 e. The fourth-order valence-corrected chi connectivity index (χ4v) is 4.20. The van der Waals surface area contributed by atoms with Crippen LogP contribution in [0.1, 0.15) is 22.4 Å². The van der Waals surface area contributed by atoms with Gasteiger partial charge in [-0.2, -0.15) is 0 Å². The van der Waals surface area contributed by atoms with Crippen LogP contribution in [0.25, 0.3) is 0 Å². The third-order valence-corrected chi connectivity index (χ3v) is 5.55. The molecule has 6 heteroatoms. The first-order chi connectivity index (χ1) is 8.63. The van der Waals surface area contributed by atoms with Crippen molar-refractivity contribution in [2.45, 2.75) is 26.4 Å². The minimum atomic E-state index is 0.583. The molecular formula is C12H16BrN3S2. The molecule has 2 rings (SSSR count). The Morgan fingerprint density at radius 3 is 2.78 bits per heavy atom. The van der Waals surface area contributed by atoms with Gasteiger partial charge < -0.3 is 10.6 Å². The van der Waals surface area contributed by atoms with Gasteiger partial charge >= 0.3 is 0 Å². The Kier molecular flexibility index (Phi) is 4.77. The van der Waals surface area contributed by atoms with Crippen molar-refractivity contribution >= 4 is 43.7 Å². The first-order valence-electron chi connectivity index (χ1n) is 5.76. The van der Waals surface area contributed by atoms with Crippen molar-refractivity contribution in [1.82, 2.24) is 4.98 Å². The summed E-state index contributed by atoms with van der Waals surface area (Å²) in [6.07, 6.45) is 0.946. The van der Waals surface area contributed by atoms with Gasteiger partial charge in [0.05, 0.1) is 12.2 Å². The largest absolute Gasteiger partial charge is 0.346 e. The molecule has 2 aromatic rings. The Hall–Kier alpha value is -0.430. The summed E-state index contributed by atoms with van der Waals surface area (Å²) < 4.78 is 1.15. The molecule has 0 spiro atoms. The minimum Gasteiger partial charge on any atom is -0.346 e. The van der Waals surface area contributed by atoms with Gasteiger partial charge in [0, 0.05) is 33.2 Å². The number of thiophene rings is 1. The highest BCUT2D eigenvalue weighted by atomic mass is 79.9. The number of nitrogens with zero attached hydrogens (tertiary/aromatic N) is 2. The first-order valence-corrected chi connectivity index (χ1v) is 8.25. The lowest BCUT2D eigenvalue weighted by atomic mass is 10.3. The summed E-state index contributed by atoms with van der Waals surface area (Å²) in [4.78, 5) is 9.37. The van der Waals surface area contributed by atoms with E-state index in [2.05, 4.69) is 51.2 Å². The maximum Gasteiger partial charge on any atom is 0.185 e. The van der Waals surface area contributed by atoms with Crippen molar-refractivity contribution in [2.75, 3.05) is 11.9 Å². The predicted octanol–water partition coefficient (Wildman–Crippen LogP) is 3.62. The van der Waals surface area contributed by atoms with E-state index in [1.54, 1.807) is 22.7 Å². The molecule has 0 aliphatic carbocycles. The summed E-state index contributed by atoms with van der Waals surface area (Å²) in [5, 5.41) is 3.16. The highest BCUT2D eigenvalue weighted by Gasteiger charge is 2.12. The molecule has 0 fully saturated rings. The quantitative estimate of drug-likeness (QED) is 0.899. The summed E-state index contributed by atoms with van der Waals surface area (Å²) in [6, 6.07) is 2.15. The van der Waals surface area contributed by atoms with Crippen LogP contribution in [0.3, 0.4) is 0 Å². The summed E-state index contributed by atoms with van der Waals surface area (Å²) in [5.74, 6) is 0. The summed E-state index contributed by atoms with van der Waals surface area (Å²) >= 11 is 6.94. The molecule has 2 aromatic heterocycles. The van der Waals surface area contributed by atoms with Crippen LogP contribution in [0.2, 0.25) is 0 Å². The Morgan fingerprint density at radius 1 is 1.50 bits per heavy atom. The lowest BCUT2D eigenvalue weighted by Crippen LogP contribution is -2.15. The van der Waals surface area contributed by atoms with Crippen molar-refractivity contribution < 1.29 is 0 Å². The van der Waals surface area contributed by atoms with Crippen LogP contribution in [0.5, 0.6) is 0 Å². The minimum absolute atomic E-state index is 0.583. The Bertz CT molecular complexity index is 500. The van der Waals surface area contributed by atoms with Crippen LogP contribution in [0.15, 0.2) is 15.9 Å². The number of aromatic nitrogens is 1. The number of rotatable bonds is 5. The van der Waals surface area contributed by atoms with Gasteiger partial charge in [0.1, 0.15) is 0 Å². The van der Waals surface area contributed by atoms with E-state index in [9.17, 15) is 0 Å². The second-order valence-corrected chi connectivity index (χ2v) is 6.98. The average molecular weight is 346 g/mol. The van der Waals surface area contributed by atoms with Crippen LogP contribution < -0.4 is 10.6 Å². The van der Waals surface area contributed by atoms with E-state index < -0.39 is 0 Å². The van der Waals surface area contributed by atoms with E-state index in [0.29, 0.717) is 6.54 Å². The monoisotopic (exact) mass is 345 g/mol. The Labute approximate surface area is 124 Å². The predicted molar refractivity (Wildman–Crippen MR) is 83.5 cm³/mol. The number of hydrogen-bond donors (Lipinski definition) is 1. The van der Waals surface area contributed by atoms with Crippen LogP contribution in [0, 0.1) is 0 Å². The van der Waals surface area contributed by atoms with Gasteiger partial charge in [0.2, 0.25) is 0 Å². The fourth-order valence-electron chi connectivity index (χ4n) is 1.71. The van der Waals surface area contributed by atoms with Gasteiger partial charge in [-0.3, -0.25) is 0 Å². The normalized spacial score (nSPS) is 10.9. The zero-order chi connectivity index (χ0) is 13.1. The zero-order valence-electron chi connectivity index (χ0n) is 10.4. The zero-order valence-corrected chi connectivity index (χ0v) is 13.7. The van der Waals surface area contributed by atoms with Crippen LogP contribution in [0.4, 0.5) is 5.13 Å². The lowest BCUT2D eigenvalue weighted by molar-refractivity contribution is 0.912. The number of nitrogens with two attached hydrogens (primary N) is 1. The summed E-state index contributed by atoms with van der Waals surface area (Å²) in [6.45, 7) is 3.59. The Morgan fingerprint density at radius 2 is 2.28 bits per heavy atom. The molecule has 3 nitrogen and oxygen atoms in total. The highest BCUT2D eigenvalue weighted by molar-refractivity contribution is 9.10. The second kappa shape index (κ2) is 6.14. The second-order valence-electron chi connectivity index (χ2n) is 4.01. The summed E-state index contributed by atoms with van der Waals surface area (Å²) in [7, 11) is 2.08. The molecule has 0 amide bonds. The molecule has 18 heavy (non-hydrogen) atoms. The first kappa shape index (κ1) is 14.0. The van der Waals surface area contributed by atoms with Crippen molar-refractivity contribution in [2.24, 2.45) is 5.73 Å². The topological polar surface area (TPSA) is 42.2 Å². The molecule has 0 saturated carbocycles. The van der Waals surface area contributed by atoms with E-state index >= 15 is 0 Å². The van der Waals surface area contributed by atoms with E-state index in [-0.39, 0.29) is 0 Å². The maximum absolute atomic E-state index is 5.74. The van der Waals surface area contributed by atoms with Gasteiger partial charge in [-0.05, 0) is 28.4 Å². The van der Waals surface area contributed by atoms with E-state index in [0.717, 1.165) is 28.3 Å². The Balaban J connectivity index is 2.13. The molecule has 0 saturated heterocycles. The highest BCUT2D eigenvalue weighted by Crippen LogP contribution is 2.28. The maximum atomic E-state index is 5.74. The molecule has 0 unspecified atom stereocenters. The molecule has 98 valence electrons. The number of anilines is 1. The number of hydrogen-bond acceptors (Lipinski definition) is 5. The average Bonchev–Trinajstić information content (AvgIpc) is 2.95. The van der Waals surface area contributed by atoms with Gasteiger partial charge in [-0.25, -0.2) is 4.98 Å². The molecule has 0 atom stereocenters. The van der Waals surface area contributed by atoms with Crippen molar-refractivity contribution in [3.63, 3.8) is 0 Å². The number of aryl methyl sites for hydroxylation is 1. The van der Waals surface area contributed by atoms with Gasteiger partial charge in [0.15, 0.2) is 5.13 Å². The van der Waals surface area contributed by atoms with Crippen molar-refractivity contribution in [3.8, 4) is 0 Å². The van der Waals surface area contributed by atoms with E-state index in [1.165, 1.54) is 9.75 Å². The third kappa shape index (κ3) is 3.12. The van der Waals surface area contributed by atoms with E-state index in [4.69, 9.17) is 5.73 Å². The van der Waals surface area contributed by atoms with Gasteiger partial charge in [0.25, 0.3) is 0 Å². The van der Waals surface area contributed by atoms with E-state index in [1.807, 2.05) is 0 Å². The molecule has 0 aromatic carbocycles. The molecule has 0 radical (unpaired) electrons. The molecule has 0 aliphatic rings. The van der Waals surface area contributed by atoms with Crippen LogP contribution in [-0.4, -0.2) is 12.0 Å². The van der Waals surface area contributed by atoms with Crippen LogP contribution >= 0.6 is 38.6 Å². The molecule has 2 heterocycles. The van der Waals surface area contributed by atoms with Crippen molar-refractivity contribution in [3.05, 3.63) is 31.4 Å². The molecule has 0 aliphatic heterocycles. The number of thiazole rings is 1. The SMILES string of the molecule is CCc1nc(N(C)Cc2cc(Br)cs2)sc1CN. The molecular weight excluding hydrogens is 330 g/mol. The third-order valence-electron chi connectivity index (χ3n) is 2.63. The van der Waals surface area contributed by atoms with Crippen molar-refractivity contribution in [1.29, 1.82) is 0 Å². The van der Waals surface area contributed by atoms with Gasteiger partial charge in [-0.1, -0.05) is 6.92 Å². The fraction of sp³-hybridized carbons (Fsp3) is 0.417. The van der Waals surface area contributed by atoms with Gasteiger partial charge in [-0.15, -0.1) is 22.7 Å². The summed E-state index contributed by atoms with van der Waals surface area (Å²) in [5.41, 5.74) is 6.88. The van der Waals surface area contributed by atoms with Crippen LogP contribution in [-0.2, 0) is 19.5 Å². The standard InChI is InChI=1S/C12H16BrN3S2/c1-3-10-11(5-14)18-12(15-10)16(2)6-9-4-8(13)7-17-9/h4,7H,3,5-6,14H2,1-2H3. The molecule has 0 bridgehead atoms.